The van der Waals surface area contributed by atoms with E-state index in [1.54, 1.807) is 17.6 Å². The molecule has 1 saturated heterocycles. The van der Waals surface area contributed by atoms with Crippen molar-refractivity contribution in [1.82, 2.24) is 4.98 Å². The predicted octanol–water partition coefficient (Wildman–Crippen LogP) is 4.39. The molecule has 0 bridgehead atoms. The number of nitrogens with zero attached hydrogens (tertiary/aromatic N) is 3. The molecule has 0 saturated carbocycles. The molecule has 3 rings (SSSR count). The molecule has 1 aliphatic heterocycles. The van der Waals surface area contributed by atoms with Crippen molar-refractivity contribution in [3.05, 3.63) is 38.3 Å². The van der Waals surface area contributed by atoms with Gasteiger partial charge in [0.2, 0.25) is 0 Å². The van der Waals surface area contributed by atoms with Crippen molar-refractivity contribution < 1.29 is 4.74 Å². The summed E-state index contributed by atoms with van der Waals surface area (Å²) in [5, 5.41) is 6.20. The first-order valence-corrected chi connectivity index (χ1v) is 8.81. The maximum atomic E-state index is 6.03. The lowest BCUT2D eigenvalue weighted by Gasteiger charge is -2.27. The van der Waals surface area contributed by atoms with Crippen LogP contribution in [-0.4, -0.2) is 37.5 Å². The van der Waals surface area contributed by atoms with E-state index >= 15 is 0 Å². The maximum absolute atomic E-state index is 6.03. The molecule has 2 aromatic heterocycles. The highest BCUT2D eigenvalue weighted by molar-refractivity contribution is 7.17. The van der Waals surface area contributed by atoms with E-state index in [9.17, 15) is 0 Å². The van der Waals surface area contributed by atoms with E-state index in [4.69, 9.17) is 39.5 Å². The van der Waals surface area contributed by atoms with Crippen LogP contribution in [0.1, 0.15) is 4.88 Å². The minimum absolute atomic E-state index is 0.180. The number of ether oxygens (including phenoxy) is 1. The Morgan fingerprint density at radius 3 is 2.78 bits per heavy atom. The monoisotopic (exact) mass is 390 g/mol. The van der Waals surface area contributed by atoms with E-state index in [1.165, 1.54) is 11.1 Å². The van der Waals surface area contributed by atoms with Crippen LogP contribution in [0, 0.1) is 0 Å². The number of nitrogens with one attached hydrogen (secondary N) is 1. The van der Waals surface area contributed by atoms with Gasteiger partial charge in [0.1, 0.15) is 5.15 Å². The van der Waals surface area contributed by atoms with E-state index in [1.807, 2.05) is 6.07 Å². The summed E-state index contributed by atoms with van der Waals surface area (Å²) in [6.07, 6.45) is 1.72. The van der Waals surface area contributed by atoms with Gasteiger partial charge in [-0.1, -0.05) is 34.8 Å². The van der Waals surface area contributed by atoms with Crippen molar-refractivity contribution in [2.24, 2.45) is 5.10 Å². The van der Waals surface area contributed by atoms with Crippen LogP contribution in [-0.2, 0) is 4.74 Å². The van der Waals surface area contributed by atoms with Gasteiger partial charge in [-0.05, 0) is 18.2 Å². The second-order valence-corrected chi connectivity index (χ2v) is 7.00. The van der Waals surface area contributed by atoms with Crippen LogP contribution in [0.15, 0.2) is 23.3 Å². The topological polar surface area (TPSA) is 49.8 Å². The van der Waals surface area contributed by atoms with Crippen molar-refractivity contribution in [2.45, 2.75) is 0 Å². The molecule has 5 nitrogen and oxygen atoms in total. The molecule has 23 heavy (non-hydrogen) atoms. The van der Waals surface area contributed by atoms with Crippen molar-refractivity contribution in [1.29, 1.82) is 0 Å². The quantitative estimate of drug-likeness (QED) is 0.477. The Morgan fingerprint density at radius 1 is 1.22 bits per heavy atom. The zero-order chi connectivity index (χ0) is 16.2. The van der Waals surface area contributed by atoms with Crippen LogP contribution < -0.4 is 10.3 Å². The molecular formula is C14H13Cl3N4OS. The number of aromatic nitrogens is 1. The molecule has 0 aliphatic carbocycles. The Labute approximate surface area is 152 Å². The Morgan fingerprint density at radius 2 is 2.00 bits per heavy atom. The van der Waals surface area contributed by atoms with Crippen molar-refractivity contribution in [3.8, 4) is 0 Å². The Hall–Kier alpha value is -1.05. The fraction of sp³-hybridized carbons (Fsp3) is 0.286. The van der Waals surface area contributed by atoms with Crippen molar-refractivity contribution >= 4 is 63.2 Å². The second-order valence-electron chi connectivity index (χ2n) is 4.74. The second kappa shape index (κ2) is 7.68. The molecule has 2 aromatic rings. The molecule has 0 spiro atoms. The van der Waals surface area contributed by atoms with Crippen LogP contribution in [0.3, 0.4) is 0 Å². The summed E-state index contributed by atoms with van der Waals surface area (Å²) in [4.78, 5) is 7.37. The fourth-order valence-corrected chi connectivity index (χ4v) is 3.52. The van der Waals surface area contributed by atoms with Gasteiger partial charge in [-0.3, -0.25) is 5.43 Å². The summed E-state index contributed by atoms with van der Waals surface area (Å²) < 4.78 is 5.36. The Bertz CT molecular complexity index is 716. The first-order chi connectivity index (χ1) is 11.1. The van der Waals surface area contributed by atoms with Crippen molar-refractivity contribution in [2.75, 3.05) is 36.6 Å². The van der Waals surface area contributed by atoms with Crippen molar-refractivity contribution in [3.63, 3.8) is 0 Å². The van der Waals surface area contributed by atoms with Gasteiger partial charge < -0.3 is 9.64 Å². The lowest BCUT2D eigenvalue weighted by atomic mass is 10.4. The van der Waals surface area contributed by atoms with Crippen LogP contribution in [0.25, 0.3) is 0 Å². The van der Waals surface area contributed by atoms with Gasteiger partial charge in [0, 0.05) is 18.0 Å². The number of hydrogen-bond acceptors (Lipinski definition) is 6. The van der Waals surface area contributed by atoms with E-state index in [2.05, 4.69) is 26.5 Å². The SMILES string of the molecule is Clc1cc(Cl)c(NN=Cc2ccc(N3CCOCC3)s2)nc1Cl. The smallest absolute Gasteiger partial charge is 0.166 e. The highest BCUT2D eigenvalue weighted by Gasteiger charge is 2.12. The maximum Gasteiger partial charge on any atom is 0.166 e. The molecule has 1 fully saturated rings. The number of rotatable bonds is 4. The average Bonchev–Trinajstić information content (AvgIpc) is 3.02. The third-order valence-corrected chi connectivity index (χ3v) is 5.23. The van der Waals surface area contributed by atoms with E-state index in [0.717, 1.165) is 31.2 Å². The molecule has 9 heteroatoms. The summed E-state index contributed by atoms with van der Waals surface area (Å²) in [6, 6.07) is 5.63. The summed E-state index contributed by atoms with van der Waals surface area (Å²) in [5.41, 5.74) is 2.77. The molecule has 0 radical (unpaired) electrons. The predicted molar refractivity (Wildman–Crippen MR) is 97.8 cm³/mol. The zero-order valence-electron chi connectivity index (χ0n) is 11.9. The Balaban J connectivity index is 1.64. The lowest BCUT2D eigenvalue weighted by molar-refractivity contribution is 0.123. The zero-order valence-corrected chi connectivity index (χ0v) is 15.0. The Kier molecular flexibility index (Phi) is 5.61. The van der Waals surface area contributed by atoms with Gasteiger partial charge in [0.15, 0.2) is 5.82 Å². The standard InChI is InChI=1S/C14H13Cl3N4OS/c15-10-7-11(16)14(19-13(10)17)20-18-8-9-1-2-12(23-9)21-3-5-22-6-4-21/h1-2,7-8H,3-6H2,(H,19,20). The minimum Gasteiger partial charge on any atom is -0.378 e. The van der Waals surface area contributed by atoms with Crippen LogP contribution in [0.4, 0.5) is 10.8 Å². The minimum atomic E-state index is 0.180. The van der Waals surface area contributed by atoms with E-state index in [-0.39, 0.29) is 5.15 Å². The lowest BCUT2D eigenvalue weighted by Crippen LogP contribution is -2.35. The summed E-state index contributed by atoms with van der Waals surface area (Å²) in [5.74, 6) is 0.363. The number of hydrazone groups is 1. The van der Waals surface area contributed by atoms with Crippen LogP contribution in [0.2, 0.25) is 15.2 Å². The third kappa shape index (κ3) is 4.28. The molecule has 1 N–H and O–H groups in total. The van der Waals surface area contributed by atoms with Gasteiger partial charge >= 0.3 is 0 Å². The highest BCUT2D eigenvalue weighted by atomic mass is 35.5. The largest absolute Gasteiger partial charge is 0.378 e. The fourth-order valence-electron chi connectivity index (χ4n) is 2.04. The number of hydrogen-bond donors (Lipinski definition) is 1. The number of anilines is 2. The normalized spacial score (nSPS) is 15.3. The van der Waals surface area contributed by atoms with Gasteiger partial charge in [0.05, 0.1) is 34.5 Å². The van der Waals surface area contributed by atoms with Gasteiger partial charge in [-0.15, -0.1) is 11.3 Å². The molecule has 0 aromatic carbocycles. The average molecular weight is 392 g/mol. The van der Waals surface area contributed by atoms with Gasteiger partial charge in [-0.25, -0.2) is 4.98 Å². The first kappa shape index (κ1) is 16.8. The molecule has 0 amide bonds. The molecule has 1 aliphatic rings. The number of thiophene rings is 1. The summed E-state index contributed by atoms with van der Waals surface area (Å²) >= 11 is 19.4. The third-order valence-electron chi connectivity index (χ3n) is 3.18. The number of halogens is 3. The molecule has 122 valence electrons. The van der Waals surface area contributed by atoms with Gasteiger partial charge in [0.25, 0.3) is 0 Å². The van der Waals surface area contributed by atoms with E-state index < -0.39 is 0 Å². The number of pyridine rings is 1. The molecule has 0 atom stereocenters. The summed E-state index contributed by atoms with van der Waals surface area (Å²) in [6.45, 7) is 3.37. The van der Waals surface area contributed by atoms with Crippen LogP contribution in [0.5, 0.6) is 0 Å². The van der Waals surface area contributed by atoms with Crippen LogP contribution >= 0.6 is 46.1 Å². The molecule has 0 unspecified atom stereocenters. The summed E-state index contributed by atoms with van der Waals surface area (Å²) in [7, 11) is 0. The first-order valence-electron chi connectivity index (χ1n) is 6.86. The highest BCUT2D eigenvalue weighted by Crippen LogP contribution is 2.29. The molecule has 3 heterocycles. The van der Waals surface area contributed by atoms with E-state index in [0.29, 0.717) is 15.9 Å². The molecular weight excluding hydrogens is 379 g/mol. The number of morpholine rings is 1. The van der Waals surface area contributed by atoms with Gasteiger partial charge in [-0.2, -0.15) is 5.10 Å².